The van der Waals surface area contributed by atoms with Gasteiger partial charge in [-0.05, 0) is 0 Å². The van der Waals surface area contributed by atoms with Gasteiger partial charge in [0.25, 0.3) is 0 Å². The molecule has 0 radical (unpaired) electrons. The van der Waals surface area contributed by atoms with Crippen LogP contribution in [0.25, 0.3) is 0 Å². The number of carbonyl (C=O) groups excluding carboxylic acids is 2. The molecule has 0 aromatic carbocycles. The molecule has 0 atom stereocenters. The van der Waals surface area contributed by atoms with Crippen LogP contribution >= 0.6 is 0 Å². The molecule has 3 aliphatic rings. The molecule has 3 saturated heterocycles. The van der Waals surface area contributed by atoms with Crippen LogP contribution in [0.5, 0.6) is 0 Å². The van der Waals surface area contributed by atoms with Crippen molar-refractivity contribution >= 4 is 11.8 Å². The predicted molar refractivity (Wildman–Crippen MR) is 68.2 cm³/mol. The lowest BCUT2D eigenvalue weighted by Gasteiger charge is -2.36. The third-order valence-corrected chi connectivity index (χ3v) is 3.75. The van der Waals surface area contributed by atoms with E-state index in [1.54, 1.807) is 9.80 Å². The summed E-state index contributed by atoms with van der Waals surface area (Å²) in [6, 6.07) is 0. The molecular formula is C12H20N4O4. The smallest absolute Gasteiger partial charge is 0.243 e. The number of piperazine rings is 1. The minimum absolute atomic E-state index is 0.00313. The number of amides is 2. The molecular weight excluding hydrogens is 264 g/mol. The predicted octanol–water partition coefficient (Wildman–Crippen LogP) is -1.85. The Morgan fingerprint density at radius 1 is 0.800 bits per heavy atom. The van der Waals surface area contributed by atoms with Crippen LogP contribution in [0.15, 0.2) is 0 Å². The van der Waals surface area contributed by atoms with Gasteiger partial charge in [-0.3, -0.25) is 19.4 Å². The van der Waals surface area contributed by atoms with Gasteiger partial charge in [-0.15, -0.1) is 0 Å². The quantitative estimate of drug-likeness (QED) is 0.604. The molecule has 0 N–H and O–H groups in total. The normalized spacial score (nSPS) is 26.0. The summed E-state index contributed by atoms with van der Waals surface area (Å²) in [5, 5.41) is 0. The Morgan fingerprint density at radius 2 is 1.25 bits per heavy atom. The van der Waals surface area contributed by atoms with Crippen LogP contribution in [0.1, 0.15) is 0 Å². The second-order valence-electron chi connectivity index (χ2n) is 5.33. The number of nitrogens with zero attached hydrogens (tertiary/aromatic N) is 4. The summed E-state index contributed by atoms with van der Waals surface area (Å²) in [6.07, 6.45) is 0. The minimum Gasteiger partial charge on any atom is -0.365 e. The largest absolute Gasteiger partial charge is 0.365 e. The van der Waals surface area contributed by atoms with Crippen molar-refractivity contribution in [1.82, 2.24) is 19.6 Å². The molecule has 3 aliphatic heterocycles. The van der Waals surface area contributed by atoms with Crippen molar-refractivity contribution in [2.75, 3.05) is 66.2 Å². The lowest BCUT2D eigenvalue weighted by Crippen LogP contribution is -2.57. The van der Waals surface area contributed by atoms with E-state index in [2.05, 4.69) is 0 Å². The Morgan fingerprint density at radius 3 is 1.60 bits per heavy atom. The van der Waals surface area contributed by atoms with Crippen molar-refractivity contribution in [2.24, 2.45) is 0 Å². The maximum absolute atomic E-state index is 12.1. The number of ether oxygens (including phenoxy) is 2. The van der Waals surface area contributed by atoms with E-state index in [1.807, 2.05) is 9.80 Å². The maximum atomic E-state index is 12.1. The zero-order chi connectivity index (χ0) is 13.9. The SMILES string of the molecule is O=C1CN(CN2CCOC2)C(=O)CN1CN1CCOC1. The average molecular weight is 284 g/mol. The molecule has 8 nitrogen and oxygen atoms in total. The topological polar surface area (TPSA) is 65.6 Å². The van der Waals surface area contributed by atoms with Crippen molar-refractivity contribution in [3.8, 4) is 0 Å². The lowest BCUT2D eigenvalue weighted by atomic mass is 10.3. The highest BCUT2D eigenvalue weighted by atomic mass is 16.5. The Labute approximate surface area is 117 Å². The summed E-state index contributed by atoms with van der Waals surface area (Å²) in [4.78, 5) is 31.5. The zero-order valence-corrected chi connectivity index (χ0v) is 11.5. The third-order valence-electron chi connectivity index (χ3n) is 3.75. The third kappa shape index (κ3) is 3.09. The van der Waals surface area contributed by atoms with E-state index in [4.69, 9.17) is 9.47 Å². The summed E-state index contributed by atoms with van der Waals surface area (Å²) in [6.45, 7) is 5.35. The van der Waals surface area contributed by atoms with Crippen LogP contribution in [-0.4, -0.2) is 97.6 Å². The second-order valence-corrected chi connectivity index (χ2v) is 5.33. The average Bonchev–Trinajstić information content (AvgIpc) is 3.08. The van der Waals surface area contributed by atoms with Gasteiger partial charge in [-0.2, -0.15) is 0 Å². The fourth-order valence-electron chi connectivity index (χ4n) is 2.57. The van der Waals surface area contributed by atoms with Crippen molar-refractivity contribution in [1.29, 1.82) is 0 Å². The molecule has 0 unspecified atom stereocenters. The van der Waals surface area contributed by atoms with E-state index in [1.165, 1.54) is 0 Å². The highest BCUT2D eigenvalue weighted by Crippen LogP contribution is 2.10. The molecule has 0 aliphatic carbocycles. The summed E-state index contributed by atoms with van der Waals surface area (Å²) < 4.78 is 10.5. The highest BCUT2D eigenvalue weighted by Gasteiger charge is 2.32. The Balaban J connectivity index is 1.52. The second kappa shape index (κ2) is 6.04. The standard InChI is InChI=1S/C12H20N4O4/c17-11-6-16(8-14-2-4-20-10-14)12(18)5-15(11)7-13-1-3-19-9-13/h1-10H2. The van der Waals surface area contributed by atoms with Crippen molar-refractivity contribution in [2.45, 2.75) is 0 Å². The van der Waals surface area contributed by atoms with Crippen LogP contribution in [0.3, 0.4) is 0 Å². The molecule has 3 heterocycles. The van der Waals surface area contributed by atoms with Crippen molar-refractivity contribution in [3.63, 3.8) is 0 Å². The Bertz CT molecular complexity index is 344. The summed E-state index contributed by atoms with van der Waals surface area (Å²) >= 11 is 0. The van der Waals surface area contributed by atoms with Gasteiger partial charge in [-0.1, -0.05) is 0 Å². The van der Waals surface area contributed by atoms with Crippen LogP contribution in [-0.2, 0) is 19.1 Å². The molecule has 0 aromatic heterocycles. The monoisotopic (exact) mass is 284 g/mol. The molecule has 8 heteroatoms. The first-order valence-corrected chi connectivity index (χ1v) is 6.88. The maximum Gasteiger partial charge on any atom is 0.243 e. The minimum atomic E-state index is -0.00313. The van der Waals surface area contributed by atoms with Crippen molar-refractivity contribution in [3.05, 3.63) is 0 Å². The summed E-state index contributed by atoms with van der Waals surface area (Å²) in [7, 11) is 0. The zero-order valence-electron chi connectivity index (χ0n) is 11.5. The fraction of sp³-hybridized carbons (Fsp3) is 0.833. The number of hydrogen-bond acceptors (Lipinski definition) is 6. The number of carbonyl (C=O) groups is 2. The number of hydrogen-bond donors (Lipinski definition) is 0. The van der Waals surface area contributed by atoms with E-state index in [0.717, 1.165) is 13.1 Å². The Hall–Kier alpha value is -1.22. The molecule has 0 spiro atoms. The van der Waals surface area contributed by atoms with Crippen molar-refractivity contribution < 1.29 is 19.1 Å². The van der Waals surface area contributed by atoms with E-state index in [9.17, 15) is 9.59 Å². The van der Waals surface area contributed by atoms with Crippen LogP contribution in [0.2, 0.25) is 0 Å². The molecule has 2 amide bonds. The first-order valence-electron chi connectivity index (χ1n) is 6.88. The molecule has 3 fully saturated rings. The van der Waals surface area contributed by atoms with E-state index in [0.29, 0.717) is 40.0 Å². The van der Waals surface area contributed by atoms with Gasteiger partial charge in [0.05, 0.1) is 26.6 Å². The van der Waals surface area contributed by atoms with Gasteiger partial charge in [0, 0.05) is 13.1 Å². The first kappa shape index (κ1) is 13.7. The fourth-order valence-corrected chi connectivity index (χ4v) is 2.57. The molecule has 0 aromatic rings. The van der Waals surface area contributed by atoms with Gasteiger partial charge in [-0.25, -0.2) is 0 Å². The van der Waals surface area contributed by atoms with Crippen LogP contribution < -0.4 is 0 Å². The van der Waals surface area contributed by atoms with Gasteiger partial charge in [0.1, 0.15) is 26.6 Å². The number of rotatable bonds is 4. The van der Waals surface area contributed by atoms with Gasteiger partial charge < -0.3 is 19.3 Å². The molecule has 112 valence electrons. The van der Waals surface area contributed by atoms with Gasteiger partial charge >= 0.3 is 0 Å². The molecule has 0 bridgehead atoms. The van der Waals surface area contributed by atoms with E-state index < -0.39 is 0 Å². The summed E-state index contributed by atoms with van der Waals surface area (Å²) in [5.74, 6) is -0.00627. The molecule has 0 saturated carbocycles. The lowest BCUT2D eigenvalue weighted by molar-refractivity contribution is -0.154. The Kier molecular flexibility index (Phi) is 4.16. The van der Waals surface area contributed by atoms with E-state index in [-0.39, 0.29) is 24.9 Å². The first-order chi connectivity index (χ1) is 9.72. The van der Waals surface area contributed by atoms with E-state index >= 15 is 0 Å². The van der Waals surface area contributed by atoms with Gasteiger partial charge in [0.2, 0.25) is 11.8 Å². The molecule has 20 heavy (non-hydrogen) atoms. The van der Waals surface area contributed by atoms with Crippen LogP contribution in [0.4, 0.5) is 0 Å². The van der Waals surface area contributed by atoms with Gasteiger partial charge in [0.15, 0.2) is 0 Å². The molecule has 3 rings (SSSR count). The van der Waals surface area contributed by atoms with Crippen LogP contribution in [0, 0.1) is 0 Å². The highest BCUT2D eigenvalue weighted by molar-refractivity contribution is 5.92. The summed E-state index contributed by atoms with van der Waals surface area (Å²) in [5.41, 5.74) is 0.